The number of nitrogens with zero attached hydrogens (tertiary/aromatic N) is 2. The first-order valence-corrected chi connectivity index (χ1v) is 7.98. The molecule has 2 rings (SSSR count). The standard InChI is InChI=1S/C18H27N3/c1-5-8-15-9-7-10-16(12-15)18(19-11-6-2)17-13-21(4)20-14(17)3/h7,9-10,12-13,18-19H,5-6,8,11H2,1-4H3. The van der Waals surface area contributed by atoms with E-state index >= 15 is 0 Å². The predicted molar refractivity (Wildman–Crippen MR) is 88.5 cm³/mol. The maximum absolute atomic E-state index is 4.50. The highest BCUT2D eigenvalue weighted by Gasteiger charge is 2.18. The lowest BCUT2D eigenvalue weighted by Crippen LogP contribution is -2.23. The van der Waals surface area contributed by atoms with E-state index in [9.17, 15) is 0 Å². The van der Waals surface area contributed by atoms with Gasteiger partial charge < -0.3 is 5.32 Å². The Labute approximate surface area is 128 Å². The third-order valence-electron chi connectivity index (χ3n) is 3.78. The Morgan fingerprint density at radius 2 is 2.05 bits per heavy atom. The first-order chi connectivity index (χ1) is 10.2. The quantitative estimate of drug-likeness (QED) is 0.839. The molecule has 0 aliphatic heterocycles. The summed E-state index contributed by atoms with van der Waals surface area (Å²) in [5.74, 6) is 0. The second-order valence-electron chi connectivity index (χ2n) is 5.73. The molecule has 1 aromatic heterocycles. The molecule has 0 saturated carbocycles. The normalized spacial score (nSPS) is 12.6. The van der Waals surface area contributed by atoms with Crippen molar-refractivity contribution in [3.05, 3.63) is 52.8 Å². The van der Waals surface area contributed by atoms with E-state index < -0.39 is 0 Å². The Kier molecular flexibility index (Phi) is 5.57. The number of hydrogen-bond donors (Lipinski definition) is 1. The van der Waals surface area contributed by atoms with E-state index in [1.54, 1.807) is 0 Å². The van der Waals surface area contributed by atoms with Gasteiger partial charge in [-0.3, -0.25) is 4.68 Å². The summed E-state index contributed by atoms with van der Waals surface area (Å²) in [6.45, 7) is 7.53. The van der Waals surface area contributed by atoms with Crippen molar-refractivity contribution in [1.82, 2.24) is 15.1 Å². The minimum Gasteiger partial charge on any atom is -0.306 e. The van der Waals surface area contributed by atoms with E-state index in [4.69, 9.17) is 0 Å². The number of aryl methyl sites for hydroxylation is 3. The van der Waals surface area contributed by atoms with Gasteiger partial charge in [-0.25, -0.2) is 0 Å². The molecule has 3 heteroatoms. The van der Waals surface area contributed by atoms with Gasteiger partial charge in [0.25, 0.3) is 0 Å². The summed E-state index contributed by atoms with van der Waals surface area (Å²) < 4.78 is 1.90. The maximum atomic E-state index is 4.50. The SMILES string of the molecule is CCCNC(c1cccc(CCC)c1)c1cn(C)nc1C. The Morgan fingerprint density at radius 3 is 2.67 bits per heavy atom. The Bertz CT molecular complexity index is 572. The third kappa shape index (κ3) is 3.94. The summed E-state index contributed by atoms with van der Waals surface area (Å²) >= 11 is 0. The van der Waals surface area contributed by atoms with E-state index in [1.807, 2.05) is 11.7 Å². The van der Waals surface area contributed by atoms with Crippen LogP contribution in [0.3, 0.4) is 0 Å². The molecule has 2 aromatic rings. The summed E-state index contributed by atoms with van der Waals surface area (Å²) in [7, 11) is 1.99. The number of nitrogens with one attached hydrogen (secondary N) is 1. The lowest BCUT2D eigenvalue weighted by Gasteiger charge is -2.19. The summed E-state index contributed by atoms with van der Waals surface area (Å²) in [5.41, 5.74) is 5.14. The summed E-state index contributed by atoms with van der Waals surface area (Å²) in [6, 6.07) is 9.19. The predicted octanol–water partition coefficient (Wildman–Crippen LogP) is 3.77. The van der Waals surface area contributed by atoms with Crippen LogP contribution in [-0.4, -0.2) is 16.3 Å². The van der Waals surface area contributed by atoms with Gasteiger partial charge in [0.2, 0.25) is 0 Å². The Balaban J connectivity index is 2.35. The zero-order valence-corrected chi connectivity index (χ0v) is 13.7. The molecule has 1 heterocycles. The van der Waals surface area contributed by atoms with Gasteiger partial charge in [0.15, 0.2) is 0 Å². The van der Waals surface area contributed by atoms with E-state index in [0.29, 0.717) is 0 Å². The first kappa shape index (κ1) is 15.8. The lowest BCUT2D eigenvalue weighted by molar-refractivity contribution is 0.595. The molecule has 21 heavy (non-hydrogen) atoms. The van der Waals surface area contributed by atoms with Crippen LogP contribution in [0.4, 0.5) is 0 Å². The molecular formula is C18H27N3. The third-order valence-corrected chi connectivity index (χ3v) is 3.78. The maximum Gasteiger partial charge on any atom is 0.0644 e. The summed E-state index contributed by atoms with van der Waals surface area (Å²) in [5, 5.41) is 8.17. The van der Waals surface area contributed by atoms with Gasteiger partial charge in [0, 0.05) is 18.8 Å². The van der Waals surface area contributed by atoms with E-state index in [0.717, 1.165) is 25.1 Å². The van der Waals surface area contributed by atoms with Crippen molar-refractivity contribution < 1.29 is 0 Å². The topological polar surface area (TPSA) is 29.9 Å². The van der Waals surface area contributed by atoms with Crippen LogP contribution in [0.5, 0.6) is 0 Å². The zero-order chi connectivity index (χ0) is 15.2. The fourth-order valence-electron chi connectivity index (χ4n) is 2.81. The van der Waals surface area contributed by atoms with Crippen molar-refractivity contribution in [1.29, 1.82) is 0 Å². The van der Waals surface area contributed by atoms with Crippen LogP contribution in [0.15, 0.2) is 30.5 Å². The zero-order valence-electron chi connectivity index (χ0n) is 13.7. The largest absolute Gasteiger partial charge is 0.306 e. The number of hydrogen-bond acceptors (Lipinski definition) is 2. The first-order valence-electron chi connectivity index (χ1n) is 7.98. The van der Waals surface area contributed by atoms with E-state index in [2.05, 4.69) is 61.6 Å². The molecule has 114 valence electrons. The molecule has 0 fully saturated rings. The van der Waals surface area contributed by atoms with Gasteiger partial charge in [-0.1, -0.05) is 44.5 Å². The summed E-state index contributed by atoms with van der Waals surface area (Å²) in [4.78, 5) is 0. The van der Waals surface area contributed by atoms with E-state index in [1.165, 1.54) is 23.1 Å². The fraction of sp³-hybridized carbons (Fsp3) is 0.500. The molecule has 3 nitrogen and oxygen atoms in total. The Hall–Kier alpha value is -1.61. The molecule has 0 aliphatic carbocycles. The molecule has 1 aromatic carbocycles. The molecular weight excluding hydrogens is 258 g/mol. The van der Waals surface area contributed by atoms with Gasteiger partial charge in [-0.15, -0.1) is 0 Å². The van der Waals surface area contributed by atoms with Crippen LogP contribution in [0.1, 0.15) is 55.1 Å². The minimum atomic E-state index is 0.232. The van der Waals surface area contributed by atoms with Crippen LogP contribution < -0.4 is 5.32 Å². The van der Waals surface area contributed by atoms with Crippen molar-refractivity contribution in [3.63, 3.8) is 0 Å². The molecule has 0 bridgehead atoms. The van der Waals surface area contributed by atoms with Crippen molar-refractivity contribution in [2.45, 2.75) is 46.1 Å². The molecule has 1 unspecified atom stereocenters. The van der Waals surface area contributed by atoms with Crippen LogP contribution in [0.2, 0.25) is 0 Å². The number of benzene rings is 1. The lowest BCUT2D eigenvalue weighted by atomic mass is 9.96. The van der Waals surface area contributed by atoms with Gasteiger partial charge in [0.1, 0.15) is 0 Å². The van der Waals surface area contributed by atoms with E-state index in [-0.39, 0.29) is 6.04 Å². The molecule has 0 amide bonds. The van der Waals surface area contributed by atoms with Gasteiger partial charge in [-0.05, 0) is 37.4 Å². The van der Waals surface area contributed by atoms with Crippen molar-refractivity contribution in [2.24, 2.45) is 7.05 Å². The van der Waals surface area contributed by atoms with Crippen LogP contribution in [0.25, 0.3) is 0 Å². The molecule has 1 N–H and O–H groups in total. The average Bonchev–Trinajstić information content (AvgIpc) is 2.79. The second kappa shape index (κ2) is 7.41. The van der Waals surface area contributed by atoms with Crippen molar-refractivity contribution in [3.8, 4) is 0 Å². The number of aromatic nitrogens is 2. The molecule has 0 spiro atoms. The van der Waals surface area contributed by atoms with Gasteiger partial charge in [-0.2, -0.15) is 5.10 Å². The van der Waals surface area contributed by atoms with Crippen molar-refractivity contribution >= 4 is 0 Å². The van der Waals surface area contributed by atoms with Crippen molar-refractivity contribution in [2.75, 3.05) is 6.54 Å². The molecule has 0 radical (unpaired) electrons. The fourth-order valence-corrected chi connectivity index (χ4v) is 2.81. The second-order valence-corrected chi connectivity index (χ2v) is 5.73. The number of rotatable bonds is 7. The molecule has 1 atom stereocenters. The van der Waals surface area contributed by atoms with Crippen LogP contribution >= 0.6 is 0 Å². The average molecular weight is 285 g/mol. The Morgan fingerprint density at radius 1 is 1.24 bits per heavy atom. The van der Waals surface area contributed by atoms with Gasteiger partial charge >= 0.3 is 0 Å². The smallest absolute Gasteiger partial charge is 0.0644 e. The van der Waals surface area contributed by atoms with Crippen LogP contribution in [0, 0.1) is 6.92 Å². The van der Waals surface area contributed by atoms with Crippen LogP contribution in [-0.2, 0) is 13.5 Å². The minimum absolute atomic E-state index is 0.232. The highest BCUT2D eigenvalue weighted by molar-refractivity contribution is 5.35. The van der Waals surface area contributed by atoms with Gasteiger partial charge in [0.05, 0.1) is 11.7 Å². The monoisotopic (exact) mass is 285 g/mol. The summed E-state index contributed by atoms with van der Waals surface area (Å²) in [6.07, 6.45) is 5.59. The molecule has 0 aliphatic rings. The highest BCUT2D eigenvalue weighted by Crippen LogP contribution is 2.25. The highest BCUT2D eigenvalue weighted by atomic mass is 15.3. The molecule has 0 saturated heterocycles.